The number of benzene rings is 2. The predicted octanol–water partition coefficient (Wildman–Crippen LogP) is 4.37. The van der Waals surface area contributed by atoms with Gasteiger partial charge in [0.05, 0.1) is 0 Å². The molecule has 0 aromatic heterocycles. The molecule has 0 fully saturated rings. The number of rotatable bonds is 4. The summed E-state index contributed by atoms with van der Waals surface area (Å²) in [6, 6.07) is 10.8. The number of amides is 2. The maximum absolute atomic E-state index is 12.2. The number of anilines is 1. The zero-order valence-corrected chi connectivity index (χ0v) is 15.0. The van der Waals surface area contributed by atoms with Crippen LogP contribution in [0.2, 0.25) is 0 Å². The quantitative estimate of drug-likeness (QED) is 0.828. The van der Waals surface area contributed by atoms with E-state index in [1.54, 1.807) is 0 Å². The molecule has 0 bridgehead atoms. The van der Waals surface area contributed by atoms with Crippen molar-refractivity contribution in [2.45, 2.75) is 32.7 Å². The molecule has 0 unspecified atom stereocenters. The monoisotopic (exact) mass is 380 g/mol. The Morgan fingerprint density at radius 3 is 1.74 bits per heavy atom. The fraction of sp³-hybridized carbons (Fsp3) is 0.263. The third-order valence-electron chi connectivity index (χ3n) is 3.24. The average molecular weight is 380 g/mol. The smallest absolute Gasteiger partial charge is 0.406 e. The van der Waals surface area contributed by atoms with E-state index in [9.17, 15) is 22.8 Å². The van der Waals surface area contributed by atoms with E-state index in [2.05, 4.69) is 15.4 Å². The molecule has 0 aliphatic carbocycles. The summed E-state index contributed by atoms with van der Waals surface area (Å²) in [5.41, 5.74) is 0.645. The molecule has 0 saturated carbocycles. The van der Waals surface area contributed by atoms with Crippen LogP contribution in [0.3, 0.4) is 0 Å². The van der Waals surface area contributed by atoms with Crippen LogP contribution >= 0.6 is 0 Å². The number of hydrogen-bond acceptors (Lipinski definition) is 3. The van der Waals surface area contributed by atoms with E-state index in [0.717, 1.165) is 12.1 Å². The van der Waals surface area contributed by atoms with Crippen LogP contribution < -0.4 is 15.4 Å². The van der Waals surface area contributed by atoms with Gasteiger partial charge in [-0.25, -0.2) is 0 Å². The SMILES string of the molecule is CC(C)(C)NC(=O)c1ccc(C(=O)Nc2ccc(OC(F)(F)F)cc2)cc1. The van der Waals surface area contributed by atoms with Crippen molar-refractivity contribution in [2.75, 3.05) is 5.32 Å². The Hall–Kier alpha value is -3.03. The van der Waals surface area contributed by atoms with Gasteiger partial charge in [0.25, 0.3) is 11.8 Å². The molecule has 0 saturated heterocycles. The van der Waals surface area contributed by atoms with Crippen molar-refractivity contribution in [1.29, 1.82) is 0 Å². The number of carbonyl (C=O) groups is 2. The van der Waals surface area contributed by atoms with Gasteiger partial charge in [-0.15, -0.1) is 13.2 Å². The van der Waals surface area contributed by atoms with Gasteiger partial charge < -0.3 is 15.4 Å². The molecule has 0 atom stereocenters. The van der Waals surface area contributed by atoms with Gasteiger partial charge in [0, 0.05) is 22.4 Å². The molecule has 5 nitrogen and oxygen atoms in total. The van der Waals surface area contributed by atoms with Crippen LogP contribution in [0.5, 0.6) is 5.75 Å². The Balaban J connectivity index is 2.01. The molecule has 0 radical (unpaired) electrons. The molecule has 2 amide bonds. The first-order valence-electron chi connectivity index (χ1n) is 8.03. The minimum atomic E-state index is -4.77. The van der Waals surface area contributed by atoms with Crippen LogP contribution in [-0.2, 0) is 0 Å². The van der Waals surface area contributed by atoms with E-state index in [4.69, 9.17) is 0 Å². The van der Waals surface area contributed by atoms with Crippen molar-refractivity contribution < 1.29 is 27.5 Å². The molecule has 0 spiro atoms. The van der Waals surface area contributed by atoms with Crippen molar-refractivity contribution in [2.24, 2.45) is 0 Å². The Kier molecular flexibility index (Phi) is 5.78. The topological polar surface area (TPSA) is 67.4 Å². The Morgan fingerprint density at radius 1 is 0.815 bits per heavy atom. The lowest BCUT2D eigenvalue weighted by atomic mass is 10.1. The molecule has 0 aliphatic rings. The molecule has 8 heteroatoms. The lowest BCUT2D eigenvalue weighted by molar-refractivity contribution is -0.274. The van der Waals surface area contributed by atoms with Crippen LogP contribution in [0.15, 0.2) is 48.5 Å². The van der Waals surface area contributed by atoms with Gasteiger partial charge in [0.1, 0.15) is 5.75 Å². The zero-order chi connectivity index (χ0) is 20.2. The van der Waals surface area contributed by atoms with E-state index in [1.165, 1.54) is 36.4 Å². The summed E-state index contributed by atoms with van der Waals surface area (Å²) in [6.45, 7) is 5.58. The molecule has 2 rings (SSSR count). The Bertz CT molecular complexity index is 808. The summed E-state index contributed by atoms with van der Waals surface area (Å²) in [5.74, 6) is -1.09. The Labute approximate surface area is 154 Å². The van der Waals surface area contributed by atoms with Crippen LogP contribution in [0.1, 0.15) is 41.5 Å². The van der Waals surface area contributed by atoms with Gasteiger partial charge in [-0.1, -0.05) is 0 Å². The number of carbonyl (C=O) groups excluding carboxylic acids is 2. The molecule has 2 N–H and O–H groups in total. The molecule has 144 valence electrons. The second kappa shape index (κ2) is 7.69. The van der Waals surface area contributed by atoms with Crippen LogP contribution in [0.4, 0.5) is 18.9 Å². The van der Waals surface area contributed by atoms with Crippen molar-refractivity contribution in [3.05, 3.63) is 59.7 Å². The Morgan fingerprint density at radius 2 is 1.30 bits per heavy atom. The minimum absolute atomic E-state index is 0.255. The van der Waals surface area contributed by atoms with E-state index in [1.807, 2.05) is 20.8 Å². The lowest BCUT2D eigenvalue weighted by Gasteiger charge is -2.20. The van der Waals surface area contributed by atoms with Crippen molar-refractivity contribution in [3.63, 3.8) is 0 Å². The summed E-state index contributed by atoms with van der Waals surface area (Å²) in [5, 5.41) is 5.37. The normalized spacial score (nSPS) is 11.6. The molecule has 0 heterocycles. The second-order valence-electron chi connectivity index (χ2n) is 6.81. The largest absolute Gasteiger partial charge is 0.573 e. The molecule has 27 heavy (non-hydrogen) atoms. The van der Waals surface area contributed by atoms with E-state index < -0.39 is 12.3 Å². The van der Waals surface area contributed by atoms with Gasteiger partial charge in [0.15, 0.2) is 0 Å². The standard InChI is InChI=1S/C19H19F3N2O3/c1-18(2,3)24-17(26)13-6-4-12(5-7-13)16(25)23-14-8-10-15(11-9-14)27-19(20,21)22/h4-11H,1-3H3,(H,23,25)(H,24,26). The first kappa shape index (κ1) is 20.3. The summed E-state index contributed by atoms with van der Waals surface area (Å²) >= 11 is 0. The van der Waals surface area contributed by atoms with Gasteiger partial charge in [0.2, 0.25) is 0 Å². The van der Waals surface area contributed by atoms with E-state index in [-0.39, 0.29) is 17.2 Å². The third kappa shape index (κ3) is 6.65. The minimum Gasteiger partial charge on any atom is -0.406 e. The van der Waals surface area contributed by atoms with Crippen LogP contribution in [0, 0.1) is 0 Å². The number of nitrogens with one attached hydrogen (secondary N) is 2. The average Bonchev–Trinajstić information content (AvgIpc) is 2.54. The summed E-state index contributed by atoms with van der Waals surface area (Å²) in [7, 11) is 0. The predicted molar refractivity (Wildman–Crippen MR) is 94.7 cm³/mol. The number of ether oxygens (including phenoxy) is 1. The molecular weight excluding hydrogens is 361 g/mol. The highest BCUT2D eigenvalue weighted by molar-refractivity contribution is 6.05. The summed E-state index contributed by atoms with van der Waals surface area (Å²) in [4.78, 5) is 24.3. The van der Waals surface area contributed by atoms with Gasteiger partial charge >= 0.3 is 6.36 Å². The first-order chi connectivity index (χ1) is 12.4. The molecule has 2 aromatic carbocycles. The fourth-order valence-corrected chi connectivity index (χ4v) is 2.13. The number of hydrogen-bond donors (Lipinski definition) is 2. The first-order valence-corrected chi connectivity index (χ1v) is 8.03. The number of alkyl halides is 3. The fourth-order valence-electron chi connectivity index (χ4n) is 2.13. The van der Waals surface area contributed by atoms with Crippen molar-refractivity contribution in [3.8, 4) is 5.75 Å². The van der Waals surface area contributed by atoms with Gasteiger partial charge in [-0.2, -0.15) is 0 Å². The van der Waals surface area contributed by atoms with E-state index in [0.29, 0.717) is 16.8 Å². The summed E-state index contributed by atoms with van der Waals surface area (Å²) in [6.07, 6.45) is -4.77. The van der Waals surface area contributed by atoms with Gasteiger partial charge in [-0.05, 0) is 69.3 Å². The highest BCUT2D eigenvalue weighted by Crippen LogP contribution is 2.24. The van der Waals surface area contributed by atoms with Gasteiger partial charge in [-0.3, -0.25) is 9.59 Å². The molecular formula is C19H19F3N2O3. The number of halogens is 3. The molecule has 2 aromatic rings. The van der Waals surface area contributed by atoms with E-state index >= 15 is 0 Å². The molecule has 0 aliphatic heterocycles. The van der Waals surface area contributed by atoms with Crippen molar-refractivity contribution in [1.82, 2.24) is 5.32 Å². The zero-order valence-electron chi connectivity index (χ0n) is 15.0. The third-order valence-corrected chi connectivity index (χ3v) is 3.24. The van der Waals surface area contributed by atoms with Crippen LogP contribution in [-0.4, -0.2) is 23.7 Å². The van der Waals surface area contributed by atoms with Crippen LogP contribution in [0.25, 0.3) is 0 Å². The van der Waals surface area contributed by atoms with Crippen molar-refractivity contribution >= 4 is 17.5 Å². The highest BCUT2D eigenvalue weighted by Gasteiger charge is 2.31. The highest BCUT2D eigenvalue weighted by atomic mass is 19.4. The second-order valence-corrected chi connectivity index (χ2v) is 6.81. The maximum Gasteiger partial charge on any atom is 0.573 e. The summed E-state index contributed by atoms with van der Waals surface area (Å²) < 4.78 is 40.2. The lowest BCUT2D eigenvalue weighted by Crippen LogP contribution is -2.40. The maximum atomic E-state index is 12.2.